The number of aryl methyl sites for hydroxylation is 1. The molecule has 3 rings (SSSR count). The molecule has 1 heterocycles. The summed E-state index contributed by atoms with van der Waals surface area (Å²) in [6.07, 6.45) is 4.01. The fraction of sp³-hybridized carbons (Fsp3) is 0.222. The first-order valence-corrected chi connectivity index (χ1v) is 7.34. The second-order valence-corrected chi connectivity index (χ2v) is 5.28. The van der Waals surface area contributed by atoms with E-state index in [4.69, 9.17) is 10.3 Å². The molecule has 3 heteroatoms. The van der Waals surface area contributed by atoms with E-state index in [9.17, 15) is 0 Å². The quantitative estimate of drug-likeness (QED) is 0.550. The average molecular weight is 280 g/mol. The van der Waals surface area contributed by atoms with Gasteiger partial charge in [0.15, 0.2) is 0 Å². The van der Waals surface area contributed by atoms with E-state index >= 15 is 0 Å². The number of para-hydroxylation sites is 1. The van der Waals surface area contributed by atoms with Crippen molar-refractivity contribution >= 4 is 11.0 Å². The first-order chi connectivity index (χ1) is 10.3. The lowest BCUT2D eigenvalue weighted by Gasteiger charge is -2.16. The lowest BCUT2D eigenvalue weighted by Crippen LogP contribution is -2.28. The summed E-state index contributed by atoms with van der Waals surface area (Å²) in [5, 5.41) is 1.10. The minimum Gasteiger partial charge on any atom is -0.464 e. The monoisotopic (exact) mass is 280 g/mol. The van der Waals surface area contributed by atoms with Crippen molar-refractivity contribution in [3.05, 3.63) is 71.5 Å². The molecule has 0 saturated heterocycles. The molecule has 1 unspecified atom stereocenters. The molecule has 0 aliphatic carbocycles. The van der Waals surface area contributed by atoms with Gasteiger partial charge in [0, 0.05) is 10.9 Å². The third-order valence-electron chi connectivity index (χ3n) is 3.81. The number of fused-ring (bicyclic) bond motifs is 1. The Morgan fingerprint density at radius 2 is 2.00 bits per heavy atom. The van der Waals surface area contributed by atoms with Gasteiger partial charge in [-0.15, -0.1) is 0 Å². The topological polar surface area (TPSA) is 51.2 Å². The van der Waals surface area contributed by atoms with Crippen LogP contribution in [0.15, 0.2) is 59.2 Å². The summed E-state index contributed by atoms with van der Waals surface area (Å²) in [6, 6.07) is 16.5. The Morgan fingerprint density at radius 1 is 1.14 bits per heavy atom. The van der Waals surface area contributed by atoms with Crippen LogP contribution in [0.25, 0.3) is 11.0 Å². The van der Waals surface area contributed by atoms with E-state index in [1.54, 1.807) is 6.26 Å². The molecular weight excluding hydrogens is 260 g/mol. The molecule has 2 aromatic carbocycles. The van der Waals surface area contributed by atoms with Crippen molar-refractivity contribution in [1.29, 1.82) is 0 Å². The maximum absolute atomic E-state index is 5.82. The first kappa shape index (κ1) is 13.9. The first-order valence-electron chi connectivity index (χ1n) is 7.34. The van der Waals surface area contributed by atoms with E-state index in [2.05, 4.69) is 42.7 Å². The zero-order valence-corrected chi connectivity index (χ0v) is 12.2. The highest BCUT2D eigenvalue weighted by Gasteiger charge is 2.17. The Hall–Kier alpha value is -2.10. The van der Waals surface area contributed by atoms with Gasteiger partial charge in [-0.2, -0.15) is 0 Å². The fourth-order valence-corrected chi connectivity index (χ4v) is 2.80. The van der Waals surface area contributed by atoms with Gasteiger partial charge in [-0.25, -0.2) is 5.43 Å². The molecule has 3 nitrogen and oxygen atoms in total. The van der Waals surface area contributed by atoms with E-state index in [1.165, 1.54) is 5.56 Å². The number of hydrogen-bond donors (Lipinski definition) is 2. The third-order valence-corrected chi connectivity index (χ3v) is 3.81. The molecule has 108 valence electrons. The van der Waals surface area contributed by atoms with Crippen molar-refractivity contribution in [2.24, 2.45) is 5.84 Å². The molecule has 0 bridgehead atoms. The minimum atomic E-state index is -0.0644. The number of benzene rings is 2. The van der Waals surface area contributed by atoms with Crippen molar-refractivity contribution in [1.82, 2.24) is 5.43 Å². The van der Waals surface area contributed by atoms with Gasteiger partial charge >= 0.3 is 0 Å². The Balaban J connectivity index is 2.03. The van der Waals surface area contributed by atoms with E-state index in [0.717, 1.165) is 34.9 Å². The molecule has 0 aliphatic rings. The van der Waals surface area contributed by atoms with E-state index in [1.807, 2.05) is 18.2 Å². The lowest BCUT2D eigenvalue weighted by molar-refractivity contribution is 0.585. The smallest absolute Gasteiger partial charge is 0.134 e. The second kappa shape index (κ2) is 6.12. The summed E-state index contributed by atoms with van der Waals surface area (Å²) >= 11 is 0. The number of nitrogens with one attached hydrogen (secondary N) is 1. The Bertz CT molecular complexity index is 733. The lowest BCUT2D eigenvalue weighted by atomic mass is 9.96. The summed E-state index contributed by atoms with van der Waals surface area (Å²) in [5.41, 5.74) is 7.38. The van der Waals surface area contributed by atoms with E-state index < -0.39 is 0 Å². The van der Waals surface area contributed by atoms with Crippen molar-refractivity contribution < 1.29 is 4.42 Å². The van der Waals surface area contributed by atoms with Crippen LogP contribution in [0, 0.1) is 0 Å². The highest BCUT2D eigenvalue weighted by Crippen LogP contribution is 2.30. The van der Waals surface area contributed by atoms with E-state index in [0.29, 0.717) is 0 Å². The Labute approximate surface area is 124 Å². The third kappa shape index (κ3) is 2.71. The predicted molar refractivity (Wildman–Crippen MR) is 85.8 cm³/mol. The summed E-state index contributed by atoms with van der Waals surface area (Å²) in [6.45, 7) is 2.19. The highest BCUT2D eigenvalue weighted by atomic mass is 16.3. The Kier molecular flexibility index (Phi) is 4.04. The van der Waals surface area contributed by atoms with Gasteiger partial charge in [-0.3, -0.25) is 5.84 Å². The molecule has 1 aromatic heterocycles. The van der Waals surface area contributed by atoms with Crippen molar-refractivity contribution in [3.63, 3.8) is 0 Å². The Morgan fingerprint density at radius 3 is 2.81 bits per heavy atom. The van der Waals surface area contributed by atoms with Crippen LogP contribution in [0.1, 0.15) is 36.1 Å². The van der Waals surface area contributed by atoms with Crippen LogP contribution in [0.5, 0.6) is 0 Å². The number of rotatable bonds is 5. The normalized spacial score (nSPS) is 12.7. The molecular formula is C18H20N2O. The van der Waals surface area contributed by atoms with Crippen LogP contribution in [0.4, 0.5) is 0 Å². The molecule has 0 amide bonds. The van der Waals surface area contributed by atoms with Crippen LogP contribution in [-0.4, -0.2) is 0 Å². The van der Waals surface area contributed by atoms with Crippen LogP contribution < -0.4 is 11.3 Å². The summed E-state index contributed by atoms with van der Waals surface area (Å²) in [4.78, 5) is 0. The van der Waals surface area contributed by atoms with Gasteiger partial charge in [-0.05, 0) is 23.6 Å². The molecule has 0 radical (unpaired) electrons. The summed E-state index contributed by atoms with van der Waals surface area (Å²) in [5.74, 6) is 5.82. The van der Waals surface area contributed by atoms with Gasteiger partial charge in [0.1, 0.15) is 5.58 Å². The van der Waals surface area contributed by atoms with Gasteiger partial charge in [-0.1, -0.05) is 55.8 Å². The van der Waals surface area contributed by atoms with Gasteiger partial charge in [0.05, 0.1) is 12.3 Å². The second-order valence-electron chi connectivity index (χ2n) is 5.28. The maximum atomic E-state index is 5.82. The number of furan rings is 1. The highest BCUT2D eigenvalue weighted by molar-refractivity contribution is 5.81. The standard InChI is InChI=1S/C18H20N2O/c1-2-6-13-7-5-8-14(11-13)18(20-19)16-12-21-17-10-4-3-9-15(16)17/h3-5,7-12,18,20H,2,6,19H2,1H3. The van der Waals surface area contributed by atoms with Crippen molar-refractivity contribution in [2.75, 3.05) is 0 Å². The van der Waals surface area contributed by atoms with Crippen LogP contribution in [0.2, 0.25) is 0 Å². The molecule has 3 aromatic rings. The van der Waals surface area contributed by atoms with Crippen molar-refractivity contribution in [3.8, 4) is 0 Å². The number of nitrogens with two attached hydrogens (primary N) is 1. The molecule has 21 heavy (non-hydrogen) atoms. The predicted octanol–water partition coefficient (Wildman–Crippen LogP) is 3.94. The fourth-order valence-electron chi connectivity index (χ4n) is 2.80. The molecule has 0 aliphatic heterocycles. The molecule has 1 atom stereocenters. The largest absolute Gasteiger partial charge is 0.464 e. The summed E-state index contributed by atoms with van der Waals surface area (Å²) < 4.78 is 5.64. The zero-order chi connectivity index (χ0) is 14.7. The van der Waals surface area contributed by atoms with E-state index in [-0.39, 0.29) is 6.04 Å². The minimum absolute atomic E-state index is 0.0644. The SMILES string of the molecule is CCCc1cccc(C(NN)c2coc3ccccc23)c1. The van der Waals surface area contributed by atoms with Crippen LogP contribution in [0.3, 0.4) is 0 Å². The van der Waals surface area contributed by atoms with Crippen molar-refractivity contribution in [2.45, 2.75) is 25.8 Å². The maximum Gasteiger partial charge on any atom is 0.134 e. The molecule has 0 saturated carbocycles. The number of hydrazine groups is 1. The van der Waals surface area contributed by atoms with Gasteiger partial charge < -0.3 is 4.42 Å². The van der Waals surface area contributed by atoms with Gasteiger partial charge in [0.25, 0.3) is 0 Å². The molecule has 3 N–H and O–H groups in total. The average Bonchev–Trinajstić information content (AvgIpc) is 2.93. The summed E-state index contributed by atoms with van der Waals surface area (Å²) in [7, 11) is 0. The van der Waals surface area contributed by atoms with Crippen LogP contribution in [-0.2, 0) is 6.42 Å². The van der Waals surface area contributed by atoms with Crippen LogP contribution >= 0.6 is 0 Å². The molecule has 0 spiro atoms. The van der Waals surface area contributed by atoms with Gasteiger partial charge in [0.2, 0.25) is 0 Å². The zero-order valence-electron chi connectivity index (χ0n) is 12.2. The number of hydrogen-bond acceptors (Lipinski definition) is 3. The molecule has 0 fully saturated rings.